The van der Waals surface area contributed by atoms with Gasteiger partial charge in [0, 0.05) is 41.7 Å². The zero-order chi connectivity index (χ0) is 15.8. The molecule has 2 aromatic carbocycles. The molecule has 1 aromatic heterocycles. The van der Waals surface area contributed by atoms with Gasteiger partial charge in [-0.05, 0) is 29.3 Å². The van der Waals surface area contributed by atoms with E-state index in [4.69, 9.17) is 0 Å². The minimum atomic E-state index is 1.22. The van der Waals surface area contributed by atoms with Crippen molar-refractivity contribution in [1.82, 2.24) is 0 Å². The summed E-state index contributed by atoms with van der Waals surface area (Å²) < 4.78 is 2.05. The molecule has 0 unspecified atom stereocenters. The second-order valence-electron chi connectivity index (χ2n) is 5.95. The Hall–Kier alpha value is -2.87. The normalized spacial score (nSPS) is 12.6. The van der Waals surface area contributed by atoms with Crippen LogP contribution in [0.4, 0.5) is 11.4 Å². The van der Waals surface area contributed by atoms with Gasteiger partial charge < -0.3 is 4.90 Å². The van der Waals surface area contributed by atoms with Gasteiger partial charge in [-0.15, -0.1) is 0 Å². The minimum Gasteiger partial charge on any atom is -0.344 e. The van der Waals surface area contributed by atoms with E-state index < -0.39 is 0 Å². The van der Waals surface area contributed by atoms with E-state index in [0.29, 0.717) is 0 Å². The fraction of sp³-hybridized carbons (Fsp3) is 0.0952. The number of rotatable bonds is 1. The van der Waals surface area contributed by atoms with Crippen LogP contribution in [0.2, 0.25) is 0 Å². The van der Waals surface area contributed by atoms with E-state index in [9.17, 15) is 0 Å². The van der Waals surface area contributed by atoms with Crippen LogP contribution in [0.5, 0.6) is 0 Å². The molecule has 0 radical (unpaired) electrons. The molecule has 23 heavy (non-hydrogen) atoms. The van der Waals surface area contributed by atoms with E-state index in [1.807, 2.05) is 7.05 Å². The van der Waals surface area contributed by atoms with Gasteiger partial charge in [-0.2, -0.15) is 0 Å². The Bertz CT molecular complexity index is 842. The number of pyridine rings is 1. The lowest BCUT2D eigenvalue weighted by atomic mass is 9.89. The lowest BCUT2D eigenvalue weighted by Crippen LogP contribution is -2.25. The number of fused-ring (bicyclic) bond motifs is 2. The summed E-state index contributed by atoms with van der Waals surface area (Å²) in [4.78, 5) is 2.27. The Kier molecular flexibility index (Phi) is 3.23. The Labute approximate surface area is 136 Å². The number of para-hydroxylation sites is 2. The molecule has 0 bridgehead atoms. The third kappa shape index (κ3) is 2.33. The lowest BCUT2D eigenvalue weighted by Gasteiger charge is -2.31. The molecule has 1 aliphatic heterocycles. The maximum atomic E-state index is 2.28. The van der Waals surface area contributed by atoms with E-state index in [-0.39, 0.29) is 0 Å². The van der Waals surface area contributed by atoms with Gasteiger partial charge in [0.15, 0.2) is 12.4 Å². The summed E-state index contributed by atoms with van der Waals surface area (Å²) in [6, 6.07) is 21.5. The highest BCUT2D eigenvalue weighted by atomic mass is 15.1. The molecule has 0 amide bonds. The number of hydrogen-bond acceptors (Lipinski definition) is 1. The van der Waals surface area contributed by atoms with Crippen LogP contribution in [0.1, 0.15) is 16.7 Å². The average Bonchev–Trinajstić information content (AvgIpc) is 2.60. The van der Waals surface area contributed by atoms with Crippen LogP contribution in [0.3, 0.4) is 0 Å². The molecular weight excluding hydrogens is 280 g/mol. The maximum Gasteiger partial charge on any atom is 0.169 e. The monoisotopic (exact) mass is 299 g/mol. The number of aromatic nitrogens is 1. The summed E-state index contributed by atoms with van der Waals surface area (Å²) >= 11 is 0. The van der Waals surface area contributed by atoms with E-state index in [2.05, 4.69) is 95.6 Å². The van der Waals surface area contributed by atoms with Gasteiger partial charge in [0.2, 0.25) is 0 Å². The van der Waals surface area contributed by atoms with E-state index in [0.717, 1.165) is 0 Å². The molecule has 0 spiro atoms. The molecule has 0 saturated heterocycles. The highest BCUT2D eigenvalue weighted by Gasteiger charge is 2.23. The standard InChI is InChI=1S/C21H19N2/c1-22-13-11-16(12-14-22)15-19-17-7-3-5-9-20(17)23(2)21-10-6-4-8-18(19)21/h3-15H,1-2H3/q+1. The minimum absolute atomic E-state index is 1.22. The summed E-state index contributed by atoms with van der Waals surface area (Å²) in [7, 11) is 4.17. The molecule has 112 valence electrons. The lowest BCUT2D eigenvalue weighted by molar-refractivity contribution is -0.671. The van der Waals surface area contributed by atoms with Gasteiger partial charge in [0.25, 0.3) is 0 Å². The summed E-state index contributed by atoms with van der Waals surface area (Å²) in [5, 5.41) is 0. The van der Waals surface area contributed by atoms with Gasteiger partial charge in [0.05, 0.1) is 0 Å². The molecule has 2 heteroatoms. The highest BCUT2D eigenvalue weighted by Crippen LogP contribution is 2.44. The summed E-state index contributed by atoms with van der Waals surface area (Å²) in [6.45, 7) is 0. The van der Waals surface area contributed by atoms with Crippen molar-refractivity contribution in [3.63, 3.8) is 0 Å². The van der Waals surface area contributed by atoms with Crippen molar-refractivity contribution in [2.24, 2.45) is 7.05 Å². The molecule has 0 saturated carbocycles. The number of benzene rings is 2. The number of aryl methyl sites for hydroxylation is 1. The van der Waals surface area contributed by atoms with Crippen LogP contribution in [0, 0.1) is 0 Å². The number of anilines is 2. The van der Waals surface area contributed by atoms with Crippen molar-refractivity contribution in [3.8, 4) is 0 Å². The Balaban J connectivity index is 1.96. The highest BCUT2D eigenvalue weighted by molar-refractivity contribution is 6.03. The van der Waals surface area contributed by atoms with Gasteiger partial charge in [-0.1, -0.05) is 36.4 Å². The SMILES string of the molecule is CN1c2ccccc2C(=Cc2cc[n+](C)cc2)c2ccccc21. The third-order valence-corrected chi connectivity index (χ3v) is 4.43. The molecule has 0 fully saturated rings. The van der Waals surface area contributed by atoms with Crippen LogP contribution in [-0.2, 0) is 7.05 Å². The zero-order valence-electron chi connectivity index (χ0n) is 13.4. The van der Waals surface area contributed by atoms with E-state index in [1.54, 1.807) is 0 Å². The number of hydrogen-bond donors (Lipinski definition) is 0. The Morgan fingerprint density at radius 1 is 0.783 bits per heavy atom. The summed E-state index contributed by atoms with van der Waals surface area (Å²) in [5.74, 6) is 0. The smallest absolute Gasteiger partial charge is 0.169 e. The van der Waals surface area contributed by atoms with Crippen molar-refractivity contribution >= 4 is 23.0 Å². The first-order chi connectivity index (χ1) is 11.2. The first-order valence-corrected chi connectivity index (χ1v) is 7.83. The fourth-order valence-corrected chi connectivity index (χ4v) is 3.19. The molecule has 0 atom stereocenters. The largest absolute Gasteiger partial charge is 0.344 e. The average molecular weight is 299 g/mol. The molecule has 0 aliphatic carbocycles. The van der Waals surface area contributed by atoms with Gasteiger partial charge >= 0.3 is 0 Å². The van der Waals surface area contributed by atoms with Crippen LogP contribution >= 0.6 is 0 Å². The fourth-order valence-electron chi connectivity index (χ4n) is 3.19. The first-order valence-electron chi connectivity index (χ1n) is 7.83. The molecule has 3 aromatic rings. The van der Waals surface area contributed by atoms with Crippen molar-refractivity contribution in [3.05, 3.63) is 89.7 Å². The second-order valence-corrected chi connectivity index (χ2v) is 5.95. The predicted molar refractivity (Wildman–Crippen MR) is 95.5 cm³/mol. The number of nitrogens with zero attached hydrogens (tertiary/aromatic N) is 2. The van der Waals surface area contributed by atoms with E-state index in [1.165, 1.54) is 33.6 Å². The van der Waals surface area contributed by atoms with Crippen LogP contribution in [-0.4, -0.2) is 7.05 Å². The Morgan fingerprint density at radius 2 is 1.30 bits per heavy atom. The van der Waals surface area contributed by atoms with Gasteiger partial charge in [-0.3, -0.25) is 0 Å². The van der Waals surface area contributed by atoms with Crippen LogP contribution in [0.15, 0.2) is 73.1 Å². The molecule has 2 nitrogen and oxygen atoms in total. The molecule has 0 N–H and O–H groups in total. The quantitative estimate of drug-likeness (QED) is 0.611. The predicted octanol–water partition coefficient (Wildman–Crippen LogP) is 4.18. The second kappa shape index (κ2) is 5.40. The summed E-state index contributed by atoms with van der Waals surface area (Å²) in [6.07, 6.45) is 6.45. The van der Waals surface area contributed by atoms with Gasteiger partial charge in [0.1, 0.15) is 7.05 Å². The zero-order valence-corrected chi connectivity index (χ0v) is 13.4. The van der Waals surface area contributed by atoms with Crippen LogP contribution < -0.4 is 9.47 Å². The molecule has 4 rings (SSSR count). The molecular formula is C21H19N2+. The van der Waals surface area contributed by atoms with Crippen molar-refractivity contribution in [2.75, 3.05) is 11.9 Å². The Morgan fingerprint density at radius 3 is 1.87 bits per heavy atom. The summed E-state index contributed by atoms with van der Waals surface area (Å²) in [5.41, 5.74) is 7.55. The topological polar surface area (TPSA) is 7.12 Å². The maximum absolute atomic E-state index is 2.28. The molecule has 1 aliphatic rings. The van der Waals surface area contributed by atoms with Crippen molar-refractivity contribution in [1.29, 1.82) is 0 Å². The van der Waals surface area contributed by atoms with Gasteiger partial charge in [-0.25, -0.2) is 4.57 Å². The third-order valence-electron chi connectivity index (χ3n) is 4.43. The first kappa shape index (κ1) is 13.8. The van der Waals surface area contributed by atoms with Crippen molar-refractivity contribution < 1.29 is 4.57 Å². The van der Waals surface area contributed by atoms with Crippen molar-refractivity contribution in [2.45, 2.75) is 0 Å². The van der Waals surface area contributed by atoms with Crippen LogP contribution in [0.25, 0.3) is 11.6 Å². The van der Waals surface area contributed by atoms with E-state index >= 15 is 0 Å². The molecule has 2 heterocycles.